The zero-order valence-corrected chi connectivity index (χ0v) is 19.9. The number of hydrogen-bond acceptors (Lipinski definition) is 5. The Morgan fingerprint density at radius 3 is 1.78 bits per heavy atom. The molecule has 0 heterocycles. The molecule has 5 nitrogen and oxygen atoms in total. The van der Waals surface area contributed by atoms with E-state index in [1.807, 2.05) is 6.07 Å². The van der Waals surface area contributed by atoms with E-state index in [0.29, 0.717) is 30.8 Å². The Bertz CT molecular complexity index is 663. The summed E-state index contributed by atoms with van der Waals surface area (Å²) in [5.41, 5.74) is 0.543. The molecule has 1 rings (SSSR count). The highest BCUT2D eigenvalue weighted by Crippen LogP contribution is 2.14. The van der Waals surface area contributed by atoms with E-state index in [-0.39, 0.29) is 11.9 Å². The van der Waals surface area contributed by atoms with Gasteiger partial charge >= 0.3 is 11.9 Å². The van der Waals surface area contributed by atoms with Crippen molar-refractivity contribution < 1.29 is 19.1 Å². The Kier molecular flexibility index (Phi) is 16.7. The summed E-state index contributed by atoms with van der Waals surface area (Å²) in [6.45, 7) is 2.80. The number of nitriles is 1. The van der Waals surface area contributed by atoms with Crippen LogP contribution < -0.4 is 4.74 Å². The van der Waals surface area contributed by atoms with E-state index >= 15 is 0 Å². The maximum Gasteiger partial charge on any atom is 0.311 e. The third kappa shape index (κ3) is 15.5. The molecule has 0 unspecified atom stereocenters. The zero-order valence-electron chi connectivity index (χ0n) is 19.9. The van der Waals surface area contributed by atoms with Gasteiger partial charge < -0.3 is 9.47 Å². The molecule has 0 saturated carbocycles. The second kappa shape index (κ2) is 19.3. The van der Waals surface area contributed by atoms with Gasteiger partial charge in [-0.25, -0.2) is 0 Å². The van der Waals surface area contributed by atoms with Gasteiger partial charge in [-0.1, -0.05) is 77.6 Å². The molecule has 0 fully saturated rings. The van der Waals surface area contributed by atoms with Crippen LogP contribution in [0.15, 0.2) is 24.3 Å². The van der Waals surface area contributed by atoms with Crippen LogP contribution in [0.5, 0.6) is 5.75 Å². The summed E-state index contributed by atoms with van der Waals surface area (Å²) in [5.74, 6) is 0.163. The first-order valence-electron chi connectivity index (χ1n) is 12.5. The van der Waals surface area contributed by atoms with Gasteiger partial charge in [0.25, 0.3) is 0 Å². The van der Waals surface area contributed by atoms with Gasteiger partial charge in [0.15, 0.2) is 0 Å². The number of ether oxygens (including phenoxy) is 2. The van der Waals surface area contributed by atoms with Gasteiger partial charge in [0.05, 0.1) is 18.2 Å². The van der Waals surface area contributed by atoms with Gasteiger partial charge in [-0.3, -0.25) is 9.59 Å². The van der Waals surface area contributed by atoms with E-state index in [1.165, 1.54) is 38.5 Å². The molecule has 0 saturated heterocycles. The lowest BCUT2D eigenvalue weighted by Gasteiger charge is -2.06. The van der Waals surface area contributed by atoms with Crippen molar-refractivity contribution in [2.45, 2.75) is 110 Å². The Labute approximate surface area is 194 Å². The molecule has 5 heteroatoms. The molecule has 0 spiro atoms. The van der Waals surface area contributed by atoms with Gasteiger partial charge in [0.2, 0.25) is 0 Å². The molecule has 0 amide bonds. The van der Waals surface area contributed by atoms with E-state index in [2.05, 4.69) is 6.92 Å². The number of nitrogens with zero attached hydrogens (tertiary/aromatic N) is 1. The summed E-state index contributed by atoms with van der Waals surface area (Å²) < 4.78 is 10.6. The number of benzene rings is 1. The minimum Gasteiger partial charge on any atom is -0.466 e. The number of unbranched alkanes of at least 4 members (excludes halogenated alkanes) is 12. The molecule has 32 heavy (non-hydrogen) atoms. The SMILES string of the molecule is CCCCCCCCCCOC(=O)CCCCCCCCC(=O)Oc1ccc(C#N)cc1. The summed E-state index contributed by atoms with van der Waals surface area (Å²) in [4.78, 5) is 23.6. The van der Waals surface area contributed by atoms with Crippen molar-refractivity contribution >= 4 is 11.9 Å². The third-order valence-corrected chi connectivity index (χ3v) is 5.49. The molecule has 0 aromatic heterocycles. The summed E-state index contributed by atoms with van der Waals surface area (Å²) >= 11 is 0. The number of esters is 2. The highest BCUT2D eigenvalue weighted by atomic mass is 16.5. The van der Waals surface area contributed by atoms with Crippen LogP contribution in [0.4, 0.5) is 0 Å². The number of carbonyl (C=O) groups excluding carboxylic acids is 2. The van der Waals surface area contributed by atoms with Gasteiger partial charge in [0, 0.05) is 12.8 Å². The van der Waals surface area contributed by atoms with Crippen LogP contribution in [0, 0.1) is 11.3 Å². The molecular weight excluding hydrogens is 402 g/mol. The molecular formula is C27H41NO4. The minimum atomic E-state index is -0.242. The van der Waals surface area contributed by atoms with Gasteiger partial charge in [-0.15, -0.1) is 0 Å². The predicted molar refractivity (Wildman–Crippen MR) is 127 cm³/mol. The fourth-order valence-corrected chi connectivity index (χ4v) is 3.52. The first kappa shape index (κ1) is 27.7. The number of hydrogen-bond donors (Lipinski definition) is 0. The first-order chi connectivity index (χ1) is 15.7. The van der Waals surface area contributed by atoms with Crippen molar-refractivity contribution in [2.24, 2.45) is 0 Å². The largest absolute Gasteiger partial charge is 0.466 e. The monoisotopic (exact) mass is 443 g/mol. The van der Waals surface area contributed by atoms with Crippen LogP contribution in [0.2, 0.25) is 0 Å². The maximum absolute atomic E-state index is 11.8. The van der Waals surface area contributed by atoms with Crippen LogP contribution in [-0.4, -0.2) is 18.5 Å². The van der Waals surface area contributed by atoms with E-state index in [4.69, 9.17) is 14.7 Å². The summed E-state index contributed by atoms with van der Waals surface area (Å²) in [7, 11) is 0. The molecule has 1 aromatic carbocycles. The lowest BCUT2D eigenvalue weighted by molar-refractivity contribution is -0.144. The molecule has 0 atom stereocenters. The van der Waals surface area contributed by atoms with Crippen molar-refractivity contribution in [3.05, 3.63) is 29.8 Å². The summed E-state index contributed by atoms with van der Waals surface area (Å²) in [6.07, 6.45) is 16.7. The van der Waals surface area contributed by atoms with Gasteiger partial charge in [0.1, 0.15) is 5.75 Å². The zero-order chi connectivity index (χ0) is 23.3. The van der Waals surface area contributed by atoms with Gasteiger partial charge in [-0.2, -0.15) is 5.26 Å². The topological polar surface area (TPSA) is 76.4 Å². The Morgan fingerprint density at radius 1 is 0.719 bits per heavy atom. The smallest absolute Gasteiger partial charge is 0.311 e. The van der Waals surface area contributed by atoms with Crippen LogP contribution in [-0.2, 0) is 14.3 Å². The second-order valence-corrected chi connectivity index (χ2v) is 8.43. The van der Waals surface area contributed by atoms with Crippen LogP contribution in [0.25, 0.3) is 0 Å². The van der Waals surface area contributed by atoms with Crippen molar-refractivity contribution in [1.29, 1.82) is 5.26 Å². The Hall–Kier alpha value is -2.35. The van der Waals surface area contributed by atoms with E-state index in [0.717, 1.165) is 51.4 Å². The molecule has 0 aliphatic carbocycles. The van der Waals surface area contributed by atoms with Crippen LogP contribution >= 0.6 is 0 Å². The second-order valence-electron chi connectivity index (χ2n) is 8.43. The fraction of sp³-hybridized carbons (Fsp3) is 0.667. The minimum absolute atomic E-state index is 0.0708. The van der Waals surface area contributed by atoms with Crippen LogP contribution in [0.3, 0.4) is 0 Å². The molecule has 0 aliphatic heterocycles. The molecule has 0 N–H and O–H groups in total. The highest BCUT2D eigenvalue weighted by Gasteiger charge is 2.06. The average Bonchev–Trinajstić information content (AvgIpc) is 2.80. The van der Waals surface area contributed by atoms with E-state index < -0.39 is 0 Å². The van der Waals surface area contributed by atoms with E-state index in [1.54, 1.807) is 24.3 Å². The molecule has 0 bridgehead atoms. The quantitative estimate of drug-likeness (QED) is 0.128. The van der Waals surface area contributed by atoms with Gasteiger partial charge in [-0.05, 0) is 43.5 Å². The maximum atomic E-state index is 11.8. The van der Waals surface area contributed by atoms with Crippen molar-refractivity contribution in [3.63, 3.8) is 0 Å². The Balaban J connectivity index is 1.87. The highest BCUT2D eigenvalue weighted by molar-refractivity contribution is 5.72. The summed E-state index contributed by atoms with van der Waals surface area (Å²) in [5, 5.41) is 8.76. The molecule has 0 aliphatic rings. The summed E-state index contributed by atoms with van der Waals surface area (Å²) in [6, 6.07) is 8.57. The number of rotatable bonds is 19. The standard InChI is InChI=1S/C27H41NO4/c1-2-3-4-5-6-9-12-15-22-31-26(29)16-13-10-7-8-11-14-17-27(30)32-25-20-18-24(23-28)19-21-25/h18-21H,2-17,22H2,1H3. The van der Waals surface area contributed by atoms with Crippen molar-refractivity contribution in [3.8, 4) is 11.8 Å². The average molecular weight is 444 g/mol. The lowest BCUT2D eigenvalue weighted by Crippen LogP contribution is -2.07. The predicted octanol–water partition coefficient (Wildman–Crippen LogP) is 7.27. The molecule has 1 aromatic rings. The van der Waals surface area contributed by atoms with Crippen molar-refractivity contribution in [2.75, 3.05) is 6.61 Å². The third-order valence-electron chi connectivity index (χ3n) is 5.49. The van der Waals surface area contributed by atoms with Crippen molar-refractivity contribution in [1.82, 2.24) is 0 Å². The number of carbonyl (C=O) groups is 2. The first-order valence-corrected chi connectivity index (χ1v) is 12.5. The molecule has 178 valence electrons. The Morgan fingerprint density at radius 2 is 1.22 bits per heavy atom. The lowest BCUT2D eigenvalue weighted by atomic mass is 10.1. The van der Waals surface area contributed by atoms with Crippen LogP contribution in [0.1, 0.15) is 115 Å². The fourth-order valence-electron chi connectivity index (χ4n) is 3.52. The normalized spacial score (nSPS) is 10.5. The molecule has 0 radical (unpaired) electrons. The van der Waals surface area contributed by atoms with E-state index in [9.17, 15) is 9.59 Å².